The quantitative estimate of drug-likeness (QED) is 0.734. The molecule has 4 nitrogen and oxygen atoms in total. The maximum absolute atomic E-state index is 9.98. The van der Waals surface area contributed by atoms with Crippen LogP contribution in [0.1, 0.15) is 5.56 Å². The van der Waals surface area contributed by atoms with Gasteiger partial charge in [0.1, 0.15) is 24.2 Å². The van der Waals surface area contributed by atoms with Crippen molar-refractivity contribution in [2.24, 2.45) is 0 Å². The maximum Gasteiger partial charge on any atom is 0.126 e. The zero-order chi connectivity index (χ0) is 15.8. The van der Waals surface area contributed by atoms with Crippen molar-refractivity contribution in [1.29, 1.82) is 0 Å². The van der Waals surface area contributed by atoms with Crippen LogP contribution in [-0.2, 0) is 0 Å². The molecule has 2 N–H and O–H groups in total. The number of aliphatic hydroxyl groups is 1. The van der Waals surface area contributed by atoms with Gasteiger partial charge < -0.3 is 19.9 Å². The van der Waals surface area contributed by atoms with Crippen molar-refractivity contribution in [2.75, 3.05) is 18.5 Å². The summed E-state index contributed by atoms with van der Waals surface area (Å²) in [5.74, 6) is 1.52. The van der Waals surface area contributed by atoms with Gasteiger partial charge in [-0.1, -0.05) is 24.8 Å². The molecule has 2 aromatic carbocycles. The fourth-order valence-corrected chi connectivity index (χ4v) is 1.95. The number of aryl methyl sites for hydroxylation is 1. The van der Waals surface area contributed by atoms with Crippen molar-refractivity contribution in [3.63, 3.8) is 0 Å². The van der Waals surface area contributed by atoms with Crippen LogP contribution in [0.4, 0.5) is 5.69 Å². The molecular formula is C18H21NO3. The summed E-state index contributed by atoms with van der Waals surface area (Å²) in [4.78, 5) is 0. The van der Waals surface area contributed by atoms with E-state index in [0.717, 1.165) is 22.7 Å². The fourth-order valence-electron chi connectivity index (χ4n) is 1.95. The Bertz CT molecular complexity index is 596. The molecule has 22 heavy (non-hydrogen) atoms. The van der Waals surface area contributed by atoms with Crippen LogP contribution in [0.5, 0.6) is 11.5 Å². The van der Waals surface area contributed by atoms with Gasteiger partial charge in [-0.15, -0.1) is 0 Å². The van der Waals surface area contributed by atoms with Crippen molar-refractivity contribution >= 4 is 5.69 Å². The van der Waals surface area contributed by atoms with E-state index in [9.17, 15) is 5.11 Å². The van der Waals surface area contributed by atoms with Crippen molar-refractivity contribution in [2.45, 2.75) is 13.0 Å². The third kappa shape index (κ3) is 4.82. The van der Waals surface area contributed by atoms with E-state index in [1.807, 2.05) is 55.5 Å². The molecule has 0 spiro atoms. The monoisotopic (exact) mass is 299 g/mol. The second-order valence-corrected chi connectivity index (χ2v) is 4.92. The molecule has 0 aliphatic heterocycles. The molecule has 0 aliphatic carbocycles. The normalized spacial score (nSPS) is 11.5. The zero-order valence-corrected chi connectivity index (χ0v) is 12.7. The van der Waals surface area contributed by atoms with Gasteiger partial charge in [-0.05, 0) is 42.8 Å². The summed E-state index contributed by atoms with van der Waals surface area (Å²) in [5, 5.41) is 13.1. The van der Waals surface area contributed by atoms with Gasteiger partial charge in [0.2, 0.25) is 0 Å². The molecule has 0 aromatic heterocycles. The number of rotatable bonds is 8. The number of hydrogen-bond acceptors (Lipinski definition) is 4. The van der Waals surface area contributed by atoms with Gasteiger partial charge in [-0.3, -0.25) is 0 Å². The average Bonchev–Trinajstić information content (AvgIpc) is 2.54. The van der Waals surface area contributed by atoms with Gasteiger partial charge in [-0.25, -0.2) is 0 Å². The summed E-state index contributed by atoms with van der Waals surface area (Å²) in [5.41, 5.74) is 1.96. The van der Waals surface area contributed by atoms with Crippen LogP contribution in [0, 0.1) is 6.92 Å². The minimum Gasteiger partial charge on any atom is -0.491 e. The van der Waals surface area contributed by atoms with Crippen molar-refractivity contribution < 1.29 is 14.6 Å². The Balaban J connectivity index is 1.76. The number of nitrogens with one attached hydrogen (secondary N) is 1. The molecule has 0 heterocycles. The molecule has 1 unspecified atom stereocenters. The van der Waals surface area contributed by atoms with E-state index in [2.05, 4.69) is 11.9 Å². The van der Waals surface area contributed by atoms with E-state index in [1.165, 1.54) is 6.26 Å². The van der Waals surface area contributed by atoms with Crippen molar-refractivity contribution in [1.82, 2.24) is 0 Å². The van der Waals surface area contributed by atoms with Crippen LogP contribution in [0.2, 0.25) is 0 Å². The summed E-state index contributed by atoms with van der Waals surface area (Å²) in [6.07, 6.45) is 0.790. The number of benzene rings is 2. The van der Waals surface area contributed by atoms with E-state index in [-0.39, 0.29) is 6.61 Å². The molecule has 0 radical (unpaired) electrons. The summed E-state index contributed by atoms with van der Waals surface area (Å²) in [7, 11) is 0. The zero-order valence-electron chi connectivity index (χ0n) is 12.7. The number of aliphatic hydroxyl groups excluding tert-OH is 1. The Morgan fingerprint density at radius 2 is 1.91 bits per heavy atom. The van der Waals surface area contributed by atoms with E-state index in [1.54, 1.807) is 0 Å². The van der Waals surface area contributed by atoms with Gasteiger partial charge in [0.05, 0.1) is 6.26 Å². The Hall–Kier alpha value is -2.46. The Labute approximate surface area is 131 Å². The first-order chi connectivity index (χ1) is 10.7. The Morgan fingerprint density at radius 3 is 2.59 bits per heavy atom. The van der Waals surface area contributed by atoms with Gasteiger partial charge in [0, 0.05) is 12.2 Å². The van der Waals surface area contributed by atoms with Gasteiger partial charge >= 0.3 is 0 Å². The minimum atomic E-state index is -0.594. The first kappa shape index (κ1) is 15.9. The van der Waals surface area contributed by atoms with Crippen LogP contribution in [0.15, 0.2) is 61.4 Å². The lowest BCUT2D eigenvalue weighted by Gasteiger charge is -2.15. The van der Waals surface area contributed by atoms with E-state index < -0.39 is 6.10 Å². The molecule has 0 fully saturated rings. The summed E-state index contributed by atoms with van der Waals surface area (Å²) >= 11 is 0. The molecule has 4 heteroatoms. The Morgan fingerprint density at radius 1 is 1.18 bits per heavy atom. The third-order valence-electron chi connectivity index (χ3n) is 3.14. The highest BCUT2D eigenvalue weighted by Gasteiger charge is 2.06. The second-order valence-electron chi connectivity index (χ2n) is 4.92. The molecule has 0 saturated carbocycles. The minimum absolute atomic E-state index is 0.246. The summed E-state index contributed by atoms with van der Waals surface area (Å²) < 4.78 is 10.8. The van der Waals surface area contributed by atoms with Crippen molar-refractivity contribution in [3.8, 4) is 11.5 Å². The summed E-state index contributed by atoms with van der Waals surface area (Å²) in [6.45, 7) is 6.14. The van der Waals surface area contributed by atoms with Crippen LogP contribution in [0.3, 0.4) is 0 Å². The lowest BCUT2D eigenvalue weighted by molar-refractivity contribution is 0.117. The SMILES string of the molecule is C=COc1ccc(NCC(O)COc2ccccc2C)cc1. The van der Waals surface area contributed by atoms with Crippen LogP contribution in [-0.4, -0.2) is 24.4 Å². The molecule has 0 bridgehead atoms. The summed E-state index contributed by atoms with van der Waals surface area (Å²) in [6, 6.07) is 15.2. The number of hydrogen-bond donors (Lipinski definition) is 2. The molecule has 0 aliphatic rings. The van der Waals surface area contributed by atoms with Gasteiger partial charge in [0.15, 0.2) is 0 Å². The van der Waals surface area contributed by atoms with Gasteiger partial charge in [-0.2, -0.15) is 0 Å². The van der Waals surface area contributed by atoms with Crippen molar-refractivity contribution in [3.05, 3.63) is 66.9 Å². The van der Waals surface area contributed by atoms with E-state index >= 15 is 0 Å². The highest BCUT2D eigenvalue weighted by Crippen LogP contribution is 2.17. The molecule has 2 rings (SSSR count). The molecule has 0 saturated heterocycles. The Kier molecular flexibility index (Phi) is 5.86. The highest BCUT2D eigenvalue weighted by molar-refractivity contribution is 5.46. The first-order valence-corrected chi connectivity index (χ1v) is 7.17. The predicted octanol–water partition coefficient (Wildman–Crippen LogP) is 3.37. The van der Waals surface area contributed by atoms with E-state index in [4.69, 9.17) is 9.47 Å². The number of para-hydroxylation sites is 1. The highest BCUT2D eigenvalue weighted by atomic mass is 16.5. The first-order valence-electron chi connectivity index (χ1n) is 7.17. The fraction of sp³-hybridized carbons (Fsp3) is 0.222. The lowest BCUT2D eigenvalue weighted by atomic mass is 10.2. The third-order valence-corrected chi connectivity index (χ3v) is 3.14. The smallest absolute Gasteiger partial charge is 0.126 e. The second kappa shape index (κ2) is 8.10. The molecule has 1 atom stereocenters. The number of ether oxygens (including phenoxy) is 2. The van der Waals surface area contributed by atoms with E-state index in [0.29, 0.717) is 6.54 Å². The van der Waals surface area contributed by atoms with Crippen LogP contribution < -0.4 is 14.8 Å². The van der Waals surface area contributed by atoms with Gasteiger partial charge in [0.25, 0.3) is 0 Å². The standard InChI is InChI=1S/C18H21NO3/c1-3-21-17-10-8-15(9-11-17)19-12-16(20)13-22-18-7-5-4-6-14(18)2/h3-11,16,19-20H,1,12-13H2,2H3. The average molecular weight is 299 g/mol. The maximum atomic E-state index is 9.98. The largest absolute Gasteiger partial charge is 0.491 e. The molecule has 116 valence electrons. The topological polar surface area (TPSA) is 50.7 Å². The molecule has 2 aromatic rings. The molecular weight excluding hydrogens is 278 g/mol. The predicted molar refractivity (Wildman–Crippen MR) is 88.4 cm³/mol. The number of anilines is 1. The van der Waals surface area contributed by atoms with Crippen LogP contribution in [0.25, 0.3) is 0 Å². The van der Waals surface area contributed by atoms with Crippen LogP contribution >= 0.6 is 0 Å². The molecule has 0 amide bonds. The lowest BCUT2D eigenvalue weighted by Crippen LogP contribution is -2.26.